The van der Waals surface area contributed by atoms with Crippen molar-refractivity contribution < 1.29 is 19.4 Å². The van der Waals surface area contributed by atoms with Crippen molar-refractivity contribution in [1.82, 2.24) is 9.88 Å². The van der Waals surface area contributed by atoms with Crippen LogP contribution in [-0.4, -0.2) is 46.6 Å². The van der Waals surface area contributed by atoms with Crippen molar-refractivity contribution >= 4 is 31.2 Å². The quantitative estimate of drug-likeness (QED) is 0.416. The summed E-state index contributed by atoms with van der Waals surface area (Å²) < 4.78 is 5.56. The lowest BCUT2D eigenvalue weighted by atomic mass is 9.87. The van der Waals surface area contributed by atoms with Crippen LogP contribution in [0.1, 0.15) is 60.5 Å². The van der Waals surface area contributed by atoms with E-state index in [1.807, 2.05) is 18.2 Å². The number of benzene rings is 1. The highest BCUT2D eigenvalue weighted by Crippen LogP contribution is 2.37. The third-order valence-electron chi connectivity index (χ3n) is 7.08. The molecule has 0 saturated carbocycles. The van der Waals surface area contributed by atoms with Gasteiger partial charge in [-0.3, -0.25) is 9.59 Å². The van der Waals surface area contributed by atoms with Gasteiger partial charge in [-0.15, -0.1) is 0 Å². The molecule has 5 rings (SSSR count). The molecule has 0 aliphatic carbocycles. The van der Waals surface area contributed by atoms with E-state index in [2.05, 4.69) is 17.4 Å². The summed E-state index contributed by atoms with van der Waals surface area (Å²) in [5.41, 5.74) is 4.39. The summed E-state index contributed by atoms with van der Waals surface area (Å²) in [6, 6.07) is 9.71. The number of unbranched alkanes of at least 4 members (excludes halogenated alkanes) is 1. The van der Waals surface area contributed by atoms with E-state index in [1.165, 1.54) is 5.56 Å². The number of carboxylic acid groups (broad SMARTS) is 1. The molecule has 8 heteroatoms. The van der Waals surface area contributed by atoms with Crippen molar-refractivity contribution in [2.24, 2.45) is 5.92 Å². The number of nitrogens with zero attached hydrogens (tertiary/aromatic N) is 2. The van der Waals surface area contributed by atoms with Crippen LogP contribution < -0.4 is 10.1 Å². The number of carbonyl (C=O) groups is 2. The molecule has 4 heterocycles. The Hall–Kier alpha value is -2.74. The van der Waals surface area contributed by atoms with Crippen LogP contribution >= 0.6 is 13.5 Å². The number of carboxylic acids is 1. The van der Waals surface area contributed by atoms with E-state index < -0.39 is 12.0 Å². The number of carbonyl (C=O) groups excluding carboxylic acids is 1. The van der Waals surface area contributed by atoms with E-state index in [-0.39, 0.29) is 31.7 Å². The second kappa shape index (κ2) is 10.7. The van der Waals surface area contributed by atoms with Gasteiger partial charge >= 0.3 is 5.97 Å². The summed E-state index contributed by atoms with van der Waals surface area (Å²) in [5, 5.41) is 12.8. The van der Waals surface area contributed by atoms with Gasteiger partial charge in [0.15, 0.2) is 0 Å². The highest BCUT2D eigenvalue weighted by molar-refractivity contribution is 7.59. The summed E-state index contributed by atoms with van der Waals surface area (Å²) in [4.78, 5) is 30.9. The second-order valence-corrected chi connectivity index (χ2v) is 9.35. The van der Waals surface area contributed by atoms with Crippen molar-refractivity contribution in [3.8, 4) is 5.75 Å². The molecule has 3 aliphatic rings. The molecule has 2 aromatic rings. The number of amides is 1. The Morgan fingerprint density at radius 3 is 2.91 bits per heavy atom. The van der Waals surface area contributed by atoms with Crippen molar-refractivity contribution in [2.75, 3.05) is 25.0 Å². The normalized spacial score (nSPS) is 19.1. The highest BCUT2D eigenvalue weighted by atomic mass is 32.1. The first-order valence-electron chi connectivity index (χ1n) is 12.1. The van der Waals surface area contributed by atoms with Crippen molar-refractivity contribution in [1.29, 1.82) is 0 Å². The number of hydrogen-bond acceptors (Lipinski definition) is 5. The van der Waals surface area contributed by atoms with Gasteiger partial charge in [0.25, 0.3) is 0 Å². The smallest absolute Gasteiger partial charge is 0.305 e. The zero-order valence-corrected chi connectivity index (χ0v) is 20.4. The zero-order valence-electron chi connectivity index (χ0n) is 19.4. The van der Waals surface area contributed by atoms with E-state index in [1.54, 1.807) is 4.90 Å². The summed E-state index contributed by atoms with van der Waals surface area (Å²) >= 11 is 0. The fourth-order valence-electron chi connectivity index (χ4n) is 5.22. The van der Waals surface area contributed by atoms with Crippen molar-refractivity contribution in [2.45, 2.75) is 57.4 Å². The molecule has 3 aliphatic heterocycles. The molecule has 1 aromatic carbocycles. The number of likely N-dealkylation sites (tertiary alicyclic amines) is 1. The van der Waals surface area contributed by atoms with Gasteiger partial charge in [-0.1, -0.05) is 18.6 Å². The molecule has 7 nitrogen and oxygen atoms in total. The Balaban J connectivity index is 0.00000274. The largest absolute Gasteiger partial charge is 0.493 e. The van der Waals surface area contributed by atoms with Crippen LogP contribution in [0.25, 0.3) is 0 Å². The first-order valence-corrected chi connectivity index (χ1v) is 12.1. The van der Waals surface area contributed by atoms with Crippen LogP contribution in [0.2, 0.25) is 0 Å². The molecular formula is C26H33N3O4S. The number of nitrogens with one attached hydrogen (secondary N) is 1. The van der Waals surface area contributed by atoms with Gasteiger partial charge in [0, 0.05) is 25.2 Å². The summed E-state index contributed by atoms with van der Waals surface area (Å²) in [6.07, 6.45) is 6.74. The third kappa shape index (κ3) is 5.17. The monoisotopic (exact) mass is 483 g/mol. The standard InChI is InChI=1S/C26H31N3O4.H2S/c30-24(31)15-22(18-8-10-23-19(14-18)11-13-33-23)29-16-20(26(29)32)4-1-2-6-21-9-7-17-5-3-12-27-25(17)28-21;/h7-10,14,20,22H,1-6,11-13,15-16H2,(H,27,28)(H,30,31);1H2/t20?,22-;/m0./s1. The Bertz CT molecular complexity index is 1060. The Kier molecular flexibility index (Phi) is 7.66. The number of fused-ring (bicyclic) bond motifs is 2. The maximum Gasteiger partial charge on any atom is 0.305 e. The molecule has 1 amide bonds. The van der Waals surface area contributed by atoms with Gasteiger partial charge in [0.1, 0.15) is 11.6 Å². The molecule has 0 spiro atoms. The number of pyridine rings is 1. The molecule has 1 saturated heterocycles. The van der Waals surface area contributed by atoms with Crippen LogP contribution in [0.5, 0.6) is 5.75 Å². The van der Waals surface area contributed by atoms with E-state index in [0.29, 0.717) is 13.2 Å². The summed E-state index contributed by atoms with van der Waals surface area (Å²) in [5.74, 6) is 1.09. The molecule has 0 radical (unpaired) electrons. The van der Waals surface area contributed by atoms with Gasteiger partial charge in [-0.05, 0) is 67.0 Å². The number of hydrogen-bond donors (Lipinski definition) is 2. The minimum atomic E-state index is -0.889. The topological polar surface area (TPSA) is 91.8 Å². The van der Waals surface area contributed by atoms with Crippen LogP contribution in [0.4, 0.5) is 5.82 Å². The Morgan fingerprint density at radius 2 is 2.09 bits per heavy atom. The average molecular weight is 484 g/mol. The van der Waals surface area contributed by atoms with Crippen molar-refractivity contribution in [3.05, 3.63) is 52.7 Å². The lowest BCUT2D eigenvalue weighted by molar-refractivity contribution is -0.154. The fraction of sp³-hybridized carbons (Fsp3) is 0.500. The SMILES string of the molecule is O=C(O)C[C@@H](c1ccc2c(c1)CCO2)N1CC(CCCCc2ccc3c(n2)NCCC3)C1=O.S. The molecule has 34 heavy (non-hydrogen) atoms. The number of aliphatic carboxylic acids is 1. The van der Waals surface area contributed by atoms with Crippen LogP contribution in [0, 0.1) is 5.92 Å². The molecular weight excluding hydrogens is 450 g/mol. The zero-order chi connectivity index (χ0) is 22.8. The van der Waals surface area contributed by atoms with E-state index in [9.17, 15) is 14.7 Å². The third-order valence-corrected chi connectivity index (χ3v) is 7.08. The van der Waals surface area contributed by atoms with Gasteiger partial charge in [0.2, 0.25) is 5.91 Å². The van der Waals surface area contributed by atoms with Gasteiger partial charge in [0.05, 0.1) is 25.0 Å². The highest BCUT2D eigenvalue weighted by Gasteiger charge is 2.41. The van der Waals surface area contributed by atoms with E-state index >= 15 is 0 Å². The lowest BCUT2D eigenvalue weighted by Gasteiger charge is -2.43. The number of aromatic nitrogens is 1. The van der Waals surface area contributed by atoms with Crippen molar-refractivity contribution in [3.63, 3.8) is 0 Å². The molecule has 1 fully saturated rings. The Labute approximate surface area is 207 Å². The van der Waals surface area contributed by atoms with Crippen LogP contribution in [0.3, 0.4) is 0 Å². The van der Waals surface area contributed by atoms with E-state index in [0.717, 1.165) is 79.9 Å². The molecule has 0 bridgehead atoms. The molecule has 1 aromatic heterocycles. The van der Waals surface area contributed by atoms with Gasteiger partial charge < -0.3 is 20.1 Å². The fourth-order valence-corrected chi connectivity index (χ4v) is 5.22. The molecule has 2 N–H and O–H groups in total. The maximum absolute atomic E-state index is 12.9. The summed E-state index contributed by atoms with van der Waals surface area (Å²) in [6.45, 7) is 2.28. The number of β-lactam (4-membered cyclic amide) rings is 1. The number of ether oxygens (including phenoxy) is 1. The number of rotatable bonds is 9. The van der Waals surface area contributed by atoms with E-state index in [4.69, 9.17) is 9.72 Å². The predicted molar refractivity (Wildman–Crippen MR) is 135 cm³/mol. The predicted octanol–water partition coefficient (Wildman–Crippen LogP) is 3.87. The molecule has 1 unspecified atom stereocenters. The molecule has 182 valence electrons. The first-order chi connectivity index (χ1) is 16.1. The van der Waals surface area contributed by atoms with Gasteiger partial charge in [-0.2, -0.15) is 13.5 Å². The van der Waals surface area contributed by atoms with Crippen LogP contribution in [0.15, 0.2) is 30.3 Å². The van der Waals surface area contributed by atoms with Crippen LogP contribution in [-0.2, 0) is 28.9 Å². The minimum Gasteiger partial charge on any atom is -0.493 e. The lowest BCUT2D eigenvalue weighted by Crippen LogP contribution is -2.54. The summed E-state index contributed by atoms with van der Waals surface area (Å²) in [7, 11) is 0. The maximum atomic E-state index is 12.9. The first kappa shape index (κ1) is 24.4. The number of anilines is 1. The second-order valence-electron chi connectivity index (χ2n) is 9.35. The minimum absolute atomic E-state index is 0. The molecule has 2 atom stereocenters. The van der Waals surface area contributed by atoms with Gasteiger partial charge in [-0.25, -0.2) is 4.98 Å². The average Bonchev–Trinajstić information content (AvgIpc) is 3.29. The Morgan fingerprint density at radius 1 is 1.21 bits per heavy atom. The number of aryl methyl sites for hydroxylation is 2.